The zero-order valence-corrected chi connectivity index (χ0v) is 14.4. The Kier molecular flexibility index (Phi) is 5.26. The first-order valence-electron chi connectivity index (χ1n) is 8.15. The van der Waals surface area contributed by atoms with Crippen molar-refractivity contribution in [2.45, 2.75) is 25.9 Å². The van der Waals surface area contributed by atoms with Crippen LogP contribution in [0.25, 0.3) is 0 Å². The Balaban J connectivity index is 1.49. The molecule has 0 bridgehead atoms. The number of hydrogen-bond acceptors (Lipinski definition) is 2. The summed E-state index contributed by atoms with van der Waals surface area (Å²) >= 11 is 5.94. The van der Waals surface area contributed by atoms with Gasteiger partial charge in [0.1, 0.15) is 11.9 Å². The van der Waals surface area contributed by atoms with E-state index in [9.17, 15) is 4.79 Å². The topological polar surface area (TPSA) is 41.6 Å². The van der Waals surface area contributed by atoms with E-state index in [4.69, 9.17) is 16.3 Å². The quantitative estimate of drug-likeness (QED) is 0.875. The Bertz CT molecular complexity index is 695. The van der Waals surface area contributed by atoms with Crippen molar-refractivity contribution in [3.63, 3.8) is 0 Å². The van der Waals surface area contributed by atoms with Crippen LogP contribution in [0.2, 0.25) is 5.02 Å². The summed E-state index contributed by atoms with van der Waals surface area (Å²) in [5, 5.41) is 3.49. The number of rotatable bonds is 3. The van der Waals surface area contributed by atoms with Crippen molar-refractivity contribution < 1.29 is 9.53 Å². The first-order chi connectivity index (χ1) is 11.6. The summed E-state index contributed by atoms with van der Waals surface area (Å²) in [6.07, 6.45) is 1.82. The number of ether oxygens (including phenoxy) is 1. The lowest BCUT2D eigenvalue weighted by Gasteiger charge is -2.32. The molecular formula is C19H21ClN2O2. The molecule has 0 saturated carbocycles. The van der Waals surface area contributed by atoms with Gasteiger partial charge in [-0.25, -0.2) is 4.79 Å². The average Bonchev–Trinajstić information content (AvgIpc) is 2.57. The van der Waals surface area contributed by atoms with Crippen LogP contribution in [0.15, 0.2) is 48.5 Å². The molecule has 0 radical (unpaired) electrons. The van der Waals surface area contributed by atoms with Gasteiger partial charge >= 0.3 is 6.03 Å². The molecule has 1 heterocycles. The highest BCUT2D eigenvalue weighted by Gasteiger charge is 2.24. The van der Waals surface area contributed by atoms with Gasteiger partial charge in [0.15, 0.2) is 0 Å². The lowest BCUT2D eigenvalue weighted by atomic mass is 10.1. The second-order valence-corrected chi connectivity index (χ2v) is 6.49. The summed E-state index contributed by atoms with van der Waals surface area (Å²) in [6, 6.07) is 15.2. The van der Waals surface area contributed by atoms with Crippen LogP contribution in [0, 0.1) is 6.92 Å². The zero-order valence-electron chi connectivity index (χ0n) is 13.7. The van der Waals surface area contributed by atoms with E-state index >= 15 is 0 Å². The number of likely N-dealkylation sites (tertiary alicyclic amines) is 1. The predicted octanol–water partition coefficient (Wildman–Crippen LogP) is 4.72. The second-order valence-electron chi connectivity index (χ2n) is 6.06. The molecule has 5 heteroatoms. The van der Waals surface area contributed by atoms with Gasteiger partial charge < -0.3 is 15.0 Å². The summed E-state index contributed by atoms with van der Waals surface area (Å²) < 4.78 is 6.00. The largest absolute Gasteiger partial charge is 0.490 e. The van der Waals surface area contributed by atoms with Crippen LogP contribution in [-0.2, 0) is 0 Å². The van der Waals surface area contributed by atoms with Gasteiger partial charge in [-0.1, -0.05) is 35.4 Å². The van der Waals surface area contributed by atoms with Gasteiger partial charge in [0.05, 0.1) is 0 Å². The molecule has 1 N–H and O–H groups in total. The molecule has 0 aromatic heterocycles. The van der Waals surface area contributed by atoms with Gasteiger partial charge in [0.25, 0.3) is 0 Å². The van der Waals surface area contributed by atoms with Crippen LogP contribution in [0.5, 0.6) is 5.75 Å². The number of piperidine rings is 1. The standard InChI is InChI=1S/C19H21ClN2O2/c1-14-5-7-17(8-6-14)24-18-9-11-22(12-10-18)19(23)21-16-4-2-3-15(20)13-16/h2-8,13,18H,9-12H2,1H3,(H,21,23). The van der Waals surface area contributed by atoms with E-state index in [-0.39, 0.29) is 12.1 Å². The highest BCUT2D eigenvalue weighted by Crippen LogP contribution is 2.21. The first kappa shape index (κ1) is 16.7. The molecule has 0 spiro atoms. The highest BCUT2D eigenvalue weighted by molar-refractivity contribution is 6.30. The number of halogens is 1. The number of hydrogen-bond donors (Lipinski definition) is 1. The maximum Gasteiger partial charge on any atom is 0.321 e. The SMILES string of the molecule is Cc1ccc(OC2CCN(C(=O)Nc3cccc(Cl)c3)CC2)cc1. The Hall–Kier alpha value is -2.20. The van der Waals surface area contributed by atoms with Gasteiger partial charge in [-0.2, -0.15) is 0 Å². The summed E-state index contributed by atoms with van der Waals surface area (Å²) in [4.78, 5) is 14.1. The maximum atomic E-state index is 12.3. The van der Waals surface area contributed by atoms with E-state index < -0.39 is 0 Å². The van der Waals surface area contributed by atoms with Gasteiger partial charge in [-0.15, -0.1) is 0 Å². The lowest BCUT2D eigenvalue weighted by Crippen LogP contribution is -2.43. The van der Waals surface area contributed by atoms with Crippen LogP contribution >= 0.6 is 11.6 Å². The Labute approximate surface area is 147 Å². The second kappa shape index (κ2) is 7.58. The molecule has 1 fully saturated rings. The van der Waals surface area contributed by atoms with Crippen LogP contribution in [0.1, 0.15) is 18.4 Å². The maximum absolute atomic E-state index is 12.3. The molecule has 1 aliphatic rings. The number of anilines is 1. The van der Waals surface area contributed by atoms with Gasteiger partial charge in [-0.05, 0) is 37.3 Å². The fraction of sp³-hybridized carbons (Fsp3) is 0.316. The average molecular weight is 345 g/mol. The monoisotopic (exact) mass is 344 g/mol. The molecule has 1 saturated heterocycles. The smallest absolute Gasteiger partial charge is 0.321 e. The van der Waals surface area contributed by atoms with E-state index in [0.29, 0.717) is 23.8 Å². The number of nitrogens with one attached hydrogen (secondary N) is 1. The van der Waals surface area contributed by atoms with Crippen molar-refractivity contribution in [2.24, 2.45) is 0 Å². The van der Waals surface area contributed by atoms with Crippen LogP contribution in [-0.4, -0.2) is 30.1 Å². The van der Waals surface area contributed by atoms with E-state index in [1.807, 2.05) is 41.3 Å². The Morgan fingerprint density at radius 1 is 1.17 bits per heavy atom. The molecule has 1 aliphatic heterocycles. The molecule has 0 aliphatic carbocycles. The number of urea groups is 1. The fourth-order valence-electron chi connectivity index (χ4n) is 2.75. The third kappa shape index (κ3) is 4.42. The molecule has 0 unspecified atom stereocenters. The minimum Gasteiger partial charge on any atom is -0.490 e. The van der Waals surface area contributed by atoms with Crippen LogP contribution < -0.4 is 10.1 Å². The number of carbonyl (C=O) groups is 1. The molecule has 0 atom stereocenters. The van der Waals surface area contributed by atoms with E-state index in [2.05, 4.69) is 12.2 Å². The van der Waals surface area contributed by atoms with Gasteiger partial charge in [0.2, 0.25) is 0 Å². The summed E-state index contributed by atoms with van der Waals surface area (Å²) in [5.74, 6) is 0.891. The third-order valence-corrected chi connectivity index (χ3v) is 4.36. The summed E-state index contributed by atoms with van der Waals surface area (Å²) in [5.41, 5.74) is 1.93. The van der Waals surface area contributed by atoms with E-state index in [1.54, 1.807) is 12.1 Å². The third-order valence-electron chi connectivity index (χ3n) is 4.13. The molecule has 2 aromatic rings. The number of carbonyl (C=O) groups excluding carboxylic acids is 1. The zero-order chi connectivity index (χ0) is 16.9. The lowest BCUT2D eigenvalue weighted by molar-refractivity contribution is 0.115. The number of benzene rings is 2. The summed E-state index contributed by atoms with van der Waals surface area (Å²) in [7, 11) is 0. The van der Waals surface area contributed by atoms with E-state index in [0.717, 1.165) is 18.6 Å². The molecule has 2 aromatic carbocycles. The van der Waals surface area contributed by atoms with Crippen LogP contribution in [0.4, 0.5) is 10.5 Å². The molecule has 126 valence electrons. The van der Waals surface area contributed by atoms with E-state index in [1.165, 1.54) is 5.56 Å². The Morgan fingerprint density at radius 2 is 1.88 bits per heavy atom. The number of amides is 2. The summed E-state index contributed by atoms with van der Waals surface area (Å²) in [6.45, 7) is 3.42. The van der Waals surface area contributed by atoms with Crippen molar-refractivity contribution in [3.05, 3.63) is 59.1 Å². The van der Waals surface area contributed by atoms with Crippen molar-refractivity contribution in [1.29, 1.82) is 0 Å². The van der Waals surface area contributed by atoms with Gasteiger partial charge in [-0.3, -0.25) is 0 Å². The van der Waals surface area contributed by atoms with Gasteiger partial charge in [0, 0.05) is 36.6 Å². The van der Waals surface area contributed by atoms with Crippen LogP contribution in [0.3, 0.4) is 0 Å². The molecule has 2 amide bonds. The van der Waals surface area contributed by atoms with Crippen molar-refractivity contribution in [3.8, 4) is 5.75 Å². The van der Waals surface area contributed by atoms with Crippen molar-refractivity contribution >= 4 is 23.3 Å². The minimum absolute atomic E-state index is 0.0916. The molecule has 24 heavy (non-hydrogen) atoms. The molecular weight excluding hydrogens is 324 g/mol. The highest BCUT2D eigenvalue weighted by atomic mass is 35.5. The predicted molar refractivity (Wildman–Crippen MR) is 96.9 cm³/mol. The molecule has 3 rings (SSSR count). The minimum atomic E-state index is -0.0916. The first-order valence-corrected chi connectivity index (χ1v) is 8.53. The van der Waals surface area contributed by atoms with Crippen molar-refractivity contribution in [1.82, 2.24) is 4.90 Å². The molecule has 4 nitrogen and oxygen atoms in total. The normalized spacial score (nSPS) is 15.2. The Morgan fingerprint density at radius 3 is 2.54 bits per heavy atom. The van der Waals surface area contributed by atoms with Crippen molar-refractivity contribution in [2.75, 3.05) is 18.4 Å². The fourth-order valence-corrected chi connectivity index (χ4v) is 2.95. The number of aryl methyl sites for hydroxylation is 1. The number of nitrogens with zero attached hydrogens (tertiary/aromatic N) is 1.